The number of ether oxygens (including phenoxy) is 1. The monoisotopic (exact) mass is 369 g/mol. The van der Waals surface area contributed by atoms with Gasteiger partial charge in [-0.3, -0.25) is 9.59 Å². The summed E-state index contributed by atoms with van der Waals surface area (Å²) in [6, 6.07) is 7.16. The zero-order chi connectivity index (χ0) is 19.6. The van der Waals surface area contributed by atoms with Crippen LogP contribution in [0.5, 0.6) is 0 Å². The van der Waals surface area contributed by atoms with E-state index in [0.29, 0.717) is 41.0 Å². The molecular weight excluding hydrogens is 346 g/mol. The quantitative estimate of drug-likeness (QED) is 0.793. The summed E-state index contributed by atoms with van der Waals surface area (Å²) in [4.78, 5) is 41.2. The first kappa shape index (κ1) is 18.7. The fourth-order valence-corrected chi connectivity index (χ4v) is 3.37. The molecule has 0 unspecified atom stereocenters. The van der Waals surface area contributed by atoms with E-state index in [1.807, 2.05) is 19.1 Å². The van der Waals surface area contributed by atoms with Crippen molar-refractivity contribution < 1.29 is 19.1 Å². The van der Waals surface area contributed by atoms with Crippen molar-refractivity contribution in [3.8, 4) is 0 Å². The minimum absolute atomic E-state index is 0.122. The van der Waals surface area contributed by atoms with Gasteiger partial charge in [-0.05, 0) is 49.6 Å². The number of aryl methyl sites for hydroxylation is 1. The summed E-state index contributed by atoms with van der Waals surface area (Å²) in [7, 11) is 1.32. The first-order valence-corrected chi connectivity index (χ1v) is 8.97. The molecule has 2 aromatic rings. The first-order valence-electron chi connectivity index (χ1n) is 8.97. The largest absolute Gasteiger partial charge is 0.465 e. The molecule has 7 nitrogen and oxygen atoms in total. The Labute approximate surface area is 157 Å². The van der Waals surface area contributed by atoms with Gasteiger partial charge in [-0.15, -0.1) is 0 Å². The van der Waals surface area contributed by atoms with Crippen LogP contribution >= 0.6 is 0 Å². The van der Waals surface area contributed by atoms with Gasteiger partial charge in [0.1, 0.15) is 5.69 Å². The van der Waals surface area contributed by atoms with Crippen molar-refractivity contribution >= 4 is 29.2 Å². The highest BCUT2D eigenvalue weighted by Crippen LogP contribution is 2.24. The van der Waals surface area contributed by atoms with Gasteiger partial charge in [0.25, 0.3) is 5.91 Å². The maximum absolute atomic E-state index is 12.7. The number of carbonyl (C=O) groups excluding carboxylic acids is 3. The molecule has 0 aliphatic carbocycles. The Hall–Kier alpha value is -3.09. The van der Waals surface area contributed by atoms with E-state index in [4.69, 9.17) is 4.74 Å². The summed E-state index contributed by atoms with van der Waals surface area (Å²) in [5.41, 5.74) is 3.43. The zero-order valence-electron chi connectivity index (χ0n) is 15.7. The third-order valence-corrected chi connectivity index (χ3v) is 4.81. The van der Waals surface area contributed by atoms with Gasteiger partial charge in [0, 0.05) is 30.0 Å². The zero-order valence-corrected chi connectivity index (χ0v) is 15.7. The summed E-state index contributed by atoms with van der Waals surface area (Å²) >= 11 is 0. The standard InChI is InChI=1S/C20H23N3O4/c1-4-15-17(20(26)27-3)12(2)18(22-15)19(25)21-13-7-9-14(10-8-13)23-11-5-6-16(23)24/h7-10,22H,4-6,11H2,1-3H3,(H,21,25). The van der Waals surface area contributed by atoms with E-state index in [-0.39, 0.29) is 11.8 Å². The van der Waals surface area contributed by atoms with Crippen LogP contribution in [0.4, 0.5) is 11.4 Å². The molecule has 2 N–H and O–H groups in total. The number of hydrogen-bond donors (Lipinski definition) is 2. The smallest absolute Gasteiger partial charge is 0.339 e. The molecule has 3 rings (SSSR count). The topological polar surface area (TPSA) is 91.5 Å². The lowest BCUT2D eigenvalue weighted by Gasteiger charge is -2.16. The van der Waals surface area contributed by atoms with Crippen LogP contribution in [0.3, 0.4) is 0 Å². The van der Waals surface area contributed by atoms with Crippen molar-refractivity contribution in [2.75, 3.05) is 23.9 Å². The number of benzene rings is 1. The lowest BCUT2D eigenvalue weighted by atomic mass is 10.1. The summed E-state index contributed by atoms with van der Waals surface area (Å²) in [5, 5.41) is 2.82. The third-order valence-electron chi connectivity index (χ3n) is 4.81. The predicted molar refractivity (Wildman–Crippen MR) is 102 cm³/mol. The van der Waals surface area contributed by atoms with Crippen molar-refractivity contribution in [3.63, 3.8) is 0 Å². The Morgan fingerprint density at radius 3 is 2.52 bits per heavy atom. The number of methoxy groups -OCH3 is 1. The number of nitrogens with zero attached hydrogens (tertiary/aromatic N) is 1. The van der Waals surface area contributed by atoms with E-state index < -0.39 is 5.97 Å². The van der Waals surface area contributed by atoms with Gasteiger partial charge in [-0.1, -0.05) is 6.92 Å². The van der Waals surface area contributed by atoms with Crippen LogP contribution in [0.25, 0.3) is 0 Å². The van der Waals surface area contributed by atoms with Crippen molar-refractivity contribution in [2.45, 2.75) is 33.1 Å². The lowest BCUT2D eigenvalue weighted by Crippen LogP contribution is -2.23. The fourth-order valence-electron chi connectivity index (χ4n) is 3.37. The number of anilines is 2. The average Bonchev–Trinajstić information content (AvgIpc) is 3.24. The molecule has 1 aliphatic rings. The third kappa shape index (κ3) is 3.58. The second kappa shape index (κ2) is 7.65. The highest BCUT2D eigenvalue weighted by atomic mass is 16.5. The normalized spacial score (nSPS) is 13.7. The molecule has 2 heterocycles. The first-order chi connectivity index (χ1) is 13.0. The molecule has 27 heavy (non-hydrogen) atoms. The second-order valence-corrected chi connectivity index (χ2v) is 6.47. The molecule has 1 saturated heterocycles. The number of H-pyrrole nitrogens is 1. The predicted octanol–water partition coefficient (Wildman–Crippen LogP) is 3.05. The Morgan fingerprint density at radius 2 is 1.96 bits per heavy atom. The van der Waals surface area contributed by atoms with Crippen LogP contribution in [0, 0.1) is 6.92 Å². The van der Waals surface area contributed by atoms with Crippen LogP contribution in [-0.2, 0) is 16.0 Å². The van der Waals surface area contributed by atoms with Crippen LogP contribution in [0.15, 0.2) is 24.3 Å². The molecule has 0 bridgehead atoms. The van der Waals surface area contributed by atoms with Crippen molar-refractivity contribution in [3.05, 3.63) is 46.8 Å². The number of hydrogen-bond acceptors (Lipinski definition) is 4. The Morgan fingerprint density at radius 1 is 1.26 bits per heavy atom. The van der Waals surface area contributed by atoms with Gasteiger partial charge < -0.3 is 19.9 Å². The number of rotatable bonds is 5. The van der Waals surface area contributed by atoms with Gasteiger partial charge in [0.15, 0.2) is 0 Å². The molecule has 0 saturated carbocycles. The summed E-state index contributed by atoms with van der Waals surface area (Å²) in [5.74, 6) is -0.669. The fraction of sp³-hybridized carbons (Fsp3) is 0.350. The van der Waals surface area contributed by atoms with Crippen LogP contribution in [-0.4, -0.2) is 36.4 Å². The van der Waals surface area contributed by atoms with Crippen LogP contribution < -0.4 is 10.2 Å². The van der Waals surface area contributed by atoms with Crippen LogP contribution in [0.1, 0.15) is 51.9 Å². The molecular formula is C20H23N3O4. The van der Waals surface area contributed by atoms with Gasteiger partial charge in [-0.2, -0.15) is 0 Å². The van der Waals surface area contributed by atoms with E-state index in [1.165, 1.54) is 7.11 Å². The number of aromatic nitrogens is 1. The molecule has 7 heteroatoms. The van der Waals surface area contributed by atoms with Crippen molar-refractivity contribution in [1.29, 1.82) is 0 Å². The highest BCUT2D eigenvalue weighted by molar-refractivity contribution is 6.07. The average molecular weight is 369 g/mol. The SMILES string of the molecule is CCc1[nH]c(C(=O)Nc2ccc(N3CCCC3=O)cc2)c(C)c1C(=O)OC. The Kier molecular flexibility index (Phi) is 5.30. The van der Waals surface area contributed by atoms with E-state index in [9.17, 15) is 14.4 Å². The van der Waals surface area contributed by atoms with Gasteiger partial charge in [0.2, 0.25) is 5.91 Å². The maximum atomic E-state index is 12.7. The summed E-state index contributed by atoms with van der Waals surface area (Å²) < 4.78 is 4.82. The van der Waals surface area contributed by atoms with Crippen molar-refractivity contribution in [1.82, 2.24) is 4.98 Å². The van der Waals surface area contributed by atoms with Gasteiger partial charge in [0.05, 0.1) is 12.7 Å². The Balaban J connectivity index is 1.78. The number of aromatic amines is 1. The molecule has 1 fully saturated rings. The Bertz CT molecular complexity index is 883. The number of amides is 2. The lowest BCUT2D eigenvalue weighted by molar-refractivity contribution is -0.117. The minimum Gasteiger partial charge on any atom is -0.465 e. The number of carbonyl (C=O) groups is 3. The second-order valence-electron chi connectivity index (χ2n) is 6.47. The molecule has 0 spiro atoms. The van der Waals surface area contributed by atoms with E-state index >= 15 is 0 Å². The molecule has 1 aliphatic heterocycles. The van der Waals surface area contributed by atoms with Crippen LogP contribution in [0.2, 0.25) is 0 Å². The number of nitrogens with one attached hydrogen (secondary N) is 2. The maximum Gasteiger partial charge on any atom is 0.339 e. The summed E-state index contributed by atoms with van der Waals surface area (Å²) in [6.07, 6.45) is 2.02. The summed E-state index contributed by atoms with van der Waals surface area (Å²) in [6.45, 7) is 4.35. The van der Waals surface area contributed by atoms with Gasteiger partial charge >= 0.3 is 5.97 Å². The molecule has 142 valence electrons. The van der Waals surface area contributed by atoms with E-state index in [0.717, 1.165) is 18.7 Å². The highest BCUT2D eigenvalue weighted by Gasteiger charge is 2.24. The molecule has 0 radical (unpaired) electrons. The van der Waals surface area contributed by atoms with Crippen molar-refractivity contribution in [2.24, 2.45) is 0 Å². The minimum atomic E-state index is -0.459. The molecule has 2 amide bonds. The molecule has 1 aromatic heterocycles. The van der Waals surface area contributed by atoms with E-state index in [2.05, 4.69) is 10.3 Å². The molecule has 0 atom stereocenters. The van der Waals surface area contributed by atoms with Gasteiger partial charge in [-0.25, -0.2) is 4.79 Å². The molecule has 1 aromatic carbocycles. The van der Waals surface area contributed by atoms with E-state index in [1.54, 1.807) is 24.0 Å². The number of esters is 1.